The van der Waals surface area contributed by atoms with E-state index in [0.29, 0.717) is 17.9 Å². The fourth-order valence-electron chi connectivity index (χ4n) is 3.73. The molecule has 3 heteroatoms. The van der Waals surface area contributed by atoms with Crippen molar-refractivity contribution in [3.8, 4) is 0 Å². The van der Waals surface area contributed by atoms with Crippen molar-refractivity contribution in [3.05, 3.63) is 34.3 Å². The Hall–Kier alpha value is -0.830. The van der Waals surface area contributed by atoms with Crippen LogP contribution in [0.25, 0.3) is 0 Å². The average molecular weight is 334 g/mol. The third-order valence-electron chi connectivity index (χ3n) is 5.16. The van der Waals surface area contributed by atoms with Crippen molar-refractivity contribution in [3.63, 3.8) is 0 Å². The van der Waals surface area contributed by atoms with Gasteiger partial charge in [-0.2, -0.15) is 0 Å². The molecule has 0 aromatic heterocycles. The molecule has 2 atom stereocenters. The van der Waals surface area contributed by atoms with Crippen LogP contribution in [0.4, 0.5) is 0 Å². The smallest absolute Gasteiger partial charge is 0.226 e. The minimum absolute atomic E-state index is 0.321. The summed E-state index contributed by atoms with van der Waals surface area (Å²) in [7, 11) is 0. The summed E-state index contributed by atoms with van der Waals surface area (Å²) >= 11 is 3.61. The number of benzene rings is 1. The lowest BCUT2D eigenvalue weighted by Crippen LogP contribution is -2.37. The lowest BCUT2D eigenvalue weighted by molar-refractivity contribution is -0.137. The Morgan fingerprint density at radius 3 is 2.50 bits per heavy atom. The number of hydrogen-bond acceptors (Lipinski definition) is 1. The Bertz CT molecular complexity index is 530. The second kappa shape index (κ2) is 4.87. The Balaban J connectivity index is 1.49. The number of fused-ring (bicyclic) bond motifs is 1. The predicted octanol–water partition coefficient (Wildman–Crippen LogP) is 3.99. The van der Waals surface area contributed by atoms with Gasteiger partial charge in [0.25, 0.3) is 0 Å². The van der Waals surface area contributed by atoms with Crippen molar-refractivity contribution in [1.82, 2.24) is 4.90 Å². The minimum atomic E-state index is 0.321. The van der Waals surface area contributed by atoms with Gasteiger partial charge in [0, 0.05) is 23.0 Å². The highest BCUT2D eigenvalue weighted by molar-refractivity contribution is 9.10. The summed E-state index contributed by atoms with van der Waals surface area (Å²) < 4.78 is 1.12. The average Bonchev–Trinajstić information content (AvgIpc) is 3.37. The van der Waals surface area contributed by atoms with Crippen molar-refractivity contribution in [2.45, 2.75) is 44.7 Å². The first kappa shape index (κ1) is 12.9. The van der Waals surface area contributed by atoms with E-state index in [1.54, 1.807) is 0 Å². The van der Waals surface area contributed by atoms with Gasteiger partial charge in [-0.15, -0.1) is 0 Å². The molecule has 2 nitrogen and oxygen atoms in total. The van der Waals surface area contributed by atoms with E-state index in [2.05, 4.69) is 39.0 Å². The number of carbonyl (C=O) groups is 1. The highest BCUT2D eigenvalue weighted by atomic mass is 79.9. The molecule has 3 aliphatic carbocycles. The zero-order valence-electron chi connectivity index (χ0n) is 11.6. The molecule has 4 rings (SSSR count). The summed E-state index contributed by atoms with van der Waals surface area (Å²) in [6, 6.07) is 8.78. The Kier molecular flexibility index (Phi) is 3.13. The highest BCUT2D eigenvalue weighted by Gasteiger charge is 2.49. The summed E-state index contributed by atoms with van der Waals surface area (Å²) in [5.74, 6) is 2.51. The summed E-state index contributed by atoms with van der Waals surface area (Å²) in [5, 5.41) is 0. The summed E-state index contributed by atoms with van der Waals surface area (Å²) in [6.45, 7) is 0.775. The third kappa shape index (κ3) is 2.41. The van der Waals surface area contributed by atoms with E-state index in [1.807, 2.05) is 6.07 Å². The van der Waals surface area contributed by atoms with Crippen LogP contribution in [0.1, 0.15) is 37.7 Å². The molecule has 0 bridgehead atoms. The second-order valence-corrected chi connectivity index (χ2v) is 7.57. The Morgan fingerprint density at radius 2 is 1.85 bits per heavy atom. The molecule has 0 aliphatic heterocycles. The van der Waals surface area contributed by atoms with E-state index in [9.17, 15) is 4.79 Å². The van der Waals surface area contributed by atoms with Gasteiger partial charge in [-0.1, -0.05) is 34.1 Å². The molecule has 3 saturated carbocycles. The molecule has 0 saturated heterocycles. The van der Waals surface area contributed by atoms with Crippen LogP contribution in [0.15, 0.2) is 28.7 Å². The number of nitrogens with zero attached hydrogens (tertiary/aromatic N) is 1. The molecule has 20 heavy (non-hydrogen) atoms. The fraction of sp³-hybridized carbons (Fsp3) is 0.588. The van der Waals surface area contributed by atoms with Crippen LogP contribution in [0.2, 0.25) is 0 Å². The lowest BCUT2D eigenvalue weighted by atomic mass is 10.0. The zero-order valence-corrected chi connectivity index (χ0v) is 13.2. The van der Waals surface area contributed by atoms with Crippen molar-refractivity contribution < 1.29 is 4.79 Å². The normalized spacial score (nSPS) is 30.9. The van der Waals surface area contributed by atoms with E-state index in [4.69, 9.17) is 0 Å². The van der Waals surface area contributed by atoms with Gasteiger partial charge in [0.2, 0.25) is 5.91 Å². The predicted molar refractivity (Wildman–Crippen MR) is 82.0 cm³/mol. The maximum absolute atomic E-state index is 12.8. The number of halogens is 1. The third-order valence-corrected chi connectivity index (χ3v) is 5.94. The molecule has 0 spiro atoms. The van der Waals surface area contributed by atoms with Crippen LogP contribution < -0.4 is 0 Å². The summed E-state index contributed by atoms with van der Waals surface area (Å²) in [5.41, 5.74) is 1.23. The van der Waals surface area contributed by atoms with Crippen LogP contribution in [0, 0.1) is 17.8 Å². The van der Waals surface area contributed by atoms with Gasteiger partial charge < -0.3 is 4.90 Å². The zero-order chi connectivity index (χ0) is 13.7. The van der Waals surface area contributed by atoms with Crippen LogP contribution in [-0.4, -0.2) is 16.8 Å². The highest BCUT2D eigenvalue weighted by Crippen LogP contribution is 2.55. The van der Waals surface area contributed by atoms with E-state index in [-0.39, 0.29) is 0 Å². The second-order valence-electron chi connectivity index (χ2n) is 6.71. The fourth-order valence-corrected chi connectivity index (χ4v) is 4.14. The van der Waals surface area contributed by atoms with Gasteiger partial charge in [0.15, 0.2) is 0 Å². The van der Waals surface area contributed by atoms with Crippen molar-refractivity contribution in [2.24, 2.45) is 17.8 Å². The molecule has 2 unspecified atom stereocenters. The quantitative estimate of drug-likeness (QED) is 0.815. The number of rotatable bonds is 4. The largest absolute Gasteiger partial charge is 0.335 e. The number of amides is 1. The van der Waals surface area contributed by atoms with Gasteiger partial charge in [0.1, 0.15) is 0 Å². The molecular weight excluding hydrogens is 314 g/mol. The lowest BCUT2D eigenvalue weighted by Gasteiger charge is -2.26. The number of carbonyl (C=O) groups excluding carboxylic acids is 1. The van der Waals surface area contributed by atoms with E-state index in [0.717, 1.165) is 35.7 Å². The molecule has 3 fully saturated rings. The first-order valence-electron chi connectivity index (χ1n) is 7.76. The maximum atomic E-state index is 12.8. The SMILES string of the molecule is O=C(C1CC2CC2C1)N(Cc1ccccc1Br)C1CC1. The molecule has 0 N–H and O–H groups in total. The first-order valence-corrected chi connectivity index (χ1v) is 8.55. The molecule has 106 valence electrons. The minimum Gasteiger partial charge on any atom is -0.335 e. The Labute approximate surface area is 128 Å². The van der Waals surface area contributed by atoms with Crippen LogP contribution in [0.3, 0.4) is 0 Å². The monoisotopic (exact) mass is 333 g/mol. The molecule has 1 aromatic rings. The summed E-state index contributed by atoms with van der Waals surface area (Å²) in [6.07, 6.45) is 6.08. The molecule has 0 heterocycles. The van der Waals surface area contributed by atoms with E-state index < -0.39 is 0 Å². The van der Waals surface area contributed by atoms with Gasteiger partial charge in [-0.25, -0.2) is 0 Å². The van der Waals surface area contributed by atoms with Gasteiger partial charge >= 0.3 is 0 Å². The van der Waals surface area contributed by atoms with Crippen molar-refractivity contribution in [1.29, 1.82) is 0 Å². The van der Waals surface area contributed by atoms with Crippen LogP contribution >= 0.6 is 15.9 Å². The standard InChI is InChI=1S/C17H20BrNO/c18-16-4-2-1-3-11(16)10-19(15-5-6-15)17(20)14-8-12-7-13(12)9-14/h1-4,12-15H,5-10H2. The molecule has 1 amide bonds. The molecule has 3 aliphatic rings. The van der Waals surface area contributed by atoms with Gasteiger partial charge in [-0.05, 0) is 55.6 Å². The topological polar surface area (TPSA) is 20.3 Å². The first-order chi connectivity index (χ1) is 9.72. The van der Waals surface area contributed by atoms with Crippen LogP contribution in [-0.2, 0) is 11.3 Å². The molecular formula is C17H20BrNO. The van der Waals surface area contributed by atoms with Crippen LogP contribution in [0.5, 0.6) is 0 Å². The Morgan fingerprint density at radius 1 is 1.15 bits per heavy atom. The van der Waals surface area contributed by atoms with Gasteiger partial charge in [0.05, 0.1) is 0 Å². The molecule has 1 aromatic carbocycles. The van der Waals surface area contributed by atoms with Crippen molar-refractivity contribution in [2.75, 3.05) is 0 Å². The molecule has 0 radical (unpaired) electrons. The number of hydrogen-bond donors (Lipinski definition) is 0. The van der Waals surface area contributed by atoms with E-state index in [1.165, 1.54) is 24.8 Å². The van der Waals surface area contributed by atoms with Crippen molar-refractivity contribution >= 4 is 21.8 Å². The maximum Gasteiger partial charge on any atom is 0.226 e. The summed E-state index contributed by atoms with van der Waals surface area (Å²) in [4.78, 5) is 15.0. The van der Waals surface area contributed by atoms with Gasteiger partial charge in [-0.3, -0.25) is 4.79 Å². The van der Waals surface area contributed by atoms with E-state index >= 15 is 0 Å².